The molecule has 0 spiro atoms. The number of pyridine rings is 1. The van der Waals surface area contributed by atoms with Crippen molar-refractivity contribution in [2.45, 2.75) is 20.8 Å². The maximum Gasteiger partial charge on any atom is 0.343 e. The van der Waals surface area contributed by atoms with Gasteiger partial charge in [0.15, 0.2) is 0 Å². The van der Waals surface area contributed by atoms with Crippen LogP contribution in [-0.2, 0) is 11.8 Å². The van der Waals surface area contributed by atoms with Crippen molar-refractivity contribution in [3.05, 3.63) is 33.7 Å². The van der Waals surface area contributed by atoms with E-state index in [1.165, 1.54) is 11.7 Å². The van der Waals surface area contributed by atoms with Crippen LogP contribution in [0.2, 0.25) is 0 Å². The summed E-state index contributed by atoms with van der Waals surface area (Å²) in [5.74, 6) is -0.585. The molecule has 0 aliphatic rings. The van der Waals surface area contributed by atoms with Crippen LogP contribution in [0.5, 0.6) is 0 Å². The molecule has 1 rings (SSSR count). The first-order valence-electron chi connectivity index (χ1n) is 4.82. The summed E-state index contributed by atoms with van der Waals surface area (Å²) < 4.78 is 5.85. The maximum absolute atomic E-state index is 11.5. The van der Waals surface area contributed by atoms with Crippen LogP contribution in [-0.4, -0.2) is 17.6 Å². The molecule has 1 aromatic heterocycles. The fraction of sp³-hybridized carbons (Fsp3) is 0.455. The third-order valence-electron chi connectivity index (χ3n) is 1.87. The average Bonchev–Trinajstić information content (AvgIpc) is 2.26. The van der Waals surface area contributed by atoms with E-state index in [0.29, 0.717) is 5.56 Å². The van der Waals surface area contributed by atoms with Crippen LogP contribution in [0.25, 0.3) is 0 Å². The van der Waals surface area contributed by atoms with Gasteiger partial charge in [-0.3, -0.25) is 4.79 Å². The van der Waals surface area contributed by atoms with Crippen molar-refractivity contribution in [3.8, 4) is 0 Å². The molecule has 1 heterocycles. The monoisotopic (exact) mass is 211 g/mol. The Morgan fingerprint density at radius 2 is 1.93 bits per heavy atom. The lowest BCUT2D eigenvalue weighted by molar-refractivity contribution is 0.0597. The van der Waals surface area contributed by atoms with Crippen molar-refractivity contribution in [3.63, 3.8) is 0 Å². The minimum atomic E-state index is -0.585. The van der Waals surface area contributed by atoms with Crippen LogP contribution >= 0.6 is 0 Å². The standard InChI is InChI=1S/C9H11NO3.C2H6/c1-6-4-5-10(2)8(11)7(6)9(12)13-3;1-2/h4-5H,1-3H3;1-2H3. The Hall–Kier alpha value is -1.58. The molecule has 0 N–H and O–H groups in total. The molecule has 0 bridgehead atoms. The number of esters is 1. The summed E-state index contributed by atoms with van der Waals surface area (Å²) in [6.07, 6.45) is 1.62. The zero-order chi connectivity index (χ0) is 12.0. The minimum absolute atomic E-state index is 0.104. The van der Waals surface area contributed by atoms with E-state index < -0.39 is 5.97 Å². The van der Waals surface area contributed by atoms with Crippen LogP contribution in [0, 0.1) is 6.92 Å². The number of hydrogen-bond donors (Lipinski definition) is 0. The lowest BCUT2D eigenvalue weighted by atomic mass is 10.1. The summed E-state index contributed by atoms with van der Waals surface area (Å²) in [6.45, 7) is 5.70. The molecule has 84 valence electrons. The van der Waals surface area contributed by atoms with Gasteiger partial charge < -0.3 is 9.30 Å². The highest BCUT2D eigenvalue weighted by Gasteiger charge is 2.14. The molecule has 0 fully saturated rings. The molecule has 4 heteroatoms. The van der Waals surface area contributed by atoms with E-state index in [0.717, 1.165) is 0 Å². The molecule has 1 aromatic rings. The first-order chi connectivity index (χ1) is 7.07. The minimum Gasteiger partial charge on any atom is -0.465 e. The highest BCUT2D eigenvalue weighted by molar-refractivity contribution is 5.90. The van der Waals surface area contributed by atoms with Gasteiger partial charge >= 0.3 is 5.97 Å². The van der Waals surface area contributed by atoms with Gasteiger partial charge in [0.05, 0.1) is 7.11 Å². The fourth-order valence-corrected chi connectivity index (χ4v) is 1.07. The summed E-state index contributed by atoms with van der Waals surface area (Å²) >= 11 is 0. The van der Waals surface area contributed by atoms with Crippen molar-refractivity contribution in [2.75, 3.05) is 7.11 Å². The van der Waals surface area contributed by atoms with E-state index in [1.807, 2.05) is 13.8 Å². The number of carbonyl (C=O) groups excluding carboxylic acids is 1. The third kappa shape index (κ3) is 2.94. The summed E-state index contributed by atoms with van der Waals surface area (Å²) in [5.41, 5.74) is 0.411. The molecular formula is C11H17NO3. The van der Waals surface area contributed by atoms with Crippen LogP contribution < -0.4 is 5.56 Å². The Morgan fingerprint density at radius 3 is 2.40 bits per heavy atom. The molecule has 0 radical (unpaired) electrons. The third-order valence-corrected chi connectivity index (χ3v) is 1.87. The van der Waals surface area contributed by atoms with E-state index in [9.17, 15) is 9.59 Å². The number of nitrogens with zero attached hydrogens (tertiary/aromatic N) is 1. The van der Waals surface area contributed by atoms with Gasteiger partial charge in [-0.05, 0) is 18.6 Å². The van der Waals surface area contributed by atoms with E-state index >= 15 is 0 Å². The zero-order valence-electron chi connectivity index (χ0n) is 9.83. The topological polar surface area (TPSA) is 48.3 Å². The lowest BCUT2D eigenvalue weighted by Gasteiger charge is -2.04. The van der Waals surface area contributed by atoms with E-state index in [4.69, 9.17) is 0 Å². The first-order valence-corrected chi connectivity index (χ1v) is 4.82. The predicted molar refractivity (Wildman–Crippen MR) is 59.1 cm³/mol. The molecule has 0 aromatic carbocycles. The fourth-order valence-electron chi connectivity index (χ4n) is 1.07. The summed E-state index contributed by atoms with van der Waals surface area (Å²) in [5, 5.41) is 0. The molecule has 0 atom stereocenters. The summed E-state index contributed by atoms with van der Waals surface area (Å²) in [6, 6.07) is 1.70. The van der Waals surface area contributed by atoms with Gasteiger partial charge in [-0.2, -0.15) is 0 Å². The van der Waals surface area contributed by atoms with Crippen LogP contribution in [0.1, 0.15) is 29.8 Å². The van der Waals surface area contributed by atoms with Gasteiger partial charge in [0.25, 0.3) is 5.56 Å². The van der Waals surface area contributed by atoms with Gasteiger partial charge in [-0.25, -0.2) is 4.79 Å². The van der Waals surface area contributed by atoms with Gasteiger partial charge in [0.2, 0.25) is 0 Å². The van der Waals surface area contributed by atoms with Crippen molar-refractivity contribution >= 4 is 5.97 Å². The Bertz CT molecular complexity index is 393. The number of ether oxygens (including phenoxy) is 1. The maximum atomic E-state index is 11.5. The Morgan fingerprint density at radius 1 is 1.40 bits per heavy atom. The number of methoxy groups -OCH3 is 1. The van der Waals surface area contributed by atoms with Crippen molar-refractivity contribution < 1.29 is 9.53 Å². The van der Waals surface area contributed by atoms with Crippen molar-refractivity contribution in [1.82, 2.24) is 4.57 Å². The predicted octanol–water partition coefficient (Wildman–Crippen LogP) is 1.51. The highest BCUT2D eigenvalue weighted by atomic mass is 16.5. The van der Waals surface area contributed by atoms with E-state index in [1.54, 1.807) is 26.2 Å². The van der Waals surface area contributed by atoms with E-state index in [2.05, 4.69) is 4.74 Å². The SMILES string of the molecule is CC.COC(=O)c1c(C)ccn(C)c1=O. The van der Waals surface area contributed by atoms with Crippen molar-refractivity contribution in [1.29, 1.82) is 0 Å². The quantitative estimate of drug-likeness (QED) is 0.661. The number of aryl methyl sites for hydroxylation is 2. The van der Waals surface area contributed by atoms with Gasteiger partial charge in [-0.15, -0.1) is 0 Å². The number of rotatable bonds is 1. The smallest absolute Gasteiger partial charge is 0.343 e. The Balaban J connectivity index is 0.000000921. The normalized spacial score (nSPS) is 8.87. The number of hydrogen-bond acceptors (Lipinski definition) is 3. The first kappa shape index (κ1) is 13.4. The van der Waals surface area contributed by atoms with Gasteiger partial charge in [-0.1, -0.05) is 13.8 Å². The van der Waals surface area contributed by atoms with Gasteiger partial charge in [0, 0.05) is 13.2 Å². The Labute approximate surface area is 89.5 Å². The second-order valence-electron chi connectivity index (χ2n) is 2.78. The molecule has 0 unspecified atom stereocenters. The molecular weight excluding hydrogens is 194 g/mol. The second-order valence-corrected chi connectivity index (χ2v) is 2.78. The van der Waals surface area contributed by atoms with Crippen LogP contribution in [0.15, 0.2) is 17.1 Å². The molecule has 0 amide bonds. The molecule has 0 saturated carbocycles. The molecule has 0 saturated heterocycles. The summed E-state index contributed by atoms with van der Waals surface area (Å²) in [7, 11) is 2.85. The molecule has 0 aliphatic carbocycles. The number of carbonyl (C=O) groups is 1. The zero-order valence-corrected chi connectivity index (χ0v) is 9.83. The highest BCUT2D eigenvalue weighted by Crippen LogP contribution is 2.02. The lowest BCUT2D eigenvalue weighted by Crippen LogP contribution is -2.25. The number of aromatic nitrogens is 1. The summed E-state index contributed by atoms with van der Waals surface area (Å²) in [4.78, 5) is 22.6. The van der Waals surface area contributed by atoms with Crippen LogP contribution in [0.4, 0.5) is 0 Å². The van der Waals surface area contributed by atoms with Crippen LogP contribution in [0.3, 0.4) is 0 Å². The molecule has 0 aliphatic heterocycles. The van der Waals surface area contributed by atoms with Crippen molar-refractivity contribution in [2.24, 2.45) is 7.05 Å². The largest absolute Gasteiger partial charge is 0.465 e. The Kier molecular flexibility index (Phi) is 5.37. The van der Waals surface area contributed by atoms with E-state index in [-0.39, 0.29) is 11.1 Å². The van der Waals surface area contributed by atoms with Gasteiger partial charge in [0.1, 0.15) is 5.56 Å². The average molecular weight is 211 g/mol. The second kappa shape index (κ2) is 6.01. The molecule has 15 heavy (non-hydrogen) atoms. The molecule has 4 nitrogen and oxygen atoms in total.